The van der Waals surface area contributed by atoms with Gasteiger partial charge in [-0.2, -0.15) is 0 Å². The van der Waals surface area contributed by atoms with Crippen LogP contribution < -0.4 is 9.61 Å². The van der Waals surface area contributed by atoms with Gasteiger partial charge in [-0.15, -0.1) is 0 Å². The highest BCUT2D eigenvalue weighted by molar-refractivity contribution is 6.72. The van der Waals surface area contributed by atoms with Crippen molar-refractivity contribution >= 4 is 28.1 Å². The minimum absolute atomic E-state index is 0.115. The van der Waals surface area contributed by atoms with Crippen molar-refractivity contribution in [1.82, 2.24) is 0 Å². The molecule has 0 aliphatic heterocycles. The van der Waals surface area contributed by atoms with Gasteiger partial charge in [0.05, 0.1) is 8.80 Å². The lowest BCUT2D eigenvalue weighted by molar-refractivity contribution is 0.103. The van der Waals surface area contributed by atoms with E-state index in [-0.39, 0.29) is 5.78 Å². The lowest BCUT2D eigenvalue weighted by Gasteiger charge is -2.19. The Labute approximate surface area is 142 Å². The summed E-state index contributed by atoms with van der Waals surface area (Å²) in [4.78, 5) is 12.9. The zero-order chi connectivity index (χ0) is 17.2. The Morgan fingerprint density at radius 1 is 1.00 bits per heavy atom. The van der Waals surface area contributed by atoms with Crippen LogP contribution in [0.3, 0.4) is 0 Å². The molecule has 2 rings (SSSR count). The van der Waals surface area contributed by atoms with Crippen molar-refractivity contribution in [3.63, 3.8) is 0 Å². The molecule has 0 saturated carbocycles. The highest BCUT2D eigenvalue weighted by Gasteiger charge is 2.19. The number of carbonyl (C=O) groups excluding carboxylic acids is 1. The highest BCUT2D eigenvalue weighted by Crippen LogP contribution is 2.19. The summed E-state index contributed by atoms with van der Waals surface area (Å²) in [6, 6.07) is 13.6. The molecule has 2 aromatic carbocycles. The summed E-state index contributed by atoms with van der Waals surface area (Å²) in [5, 5.41) is 1.28. The molecular weight excluding hydrogens is 316 g/mol. The summed E-state index contributed by atoms with van der Waals surface area (Å²) in [7, 11) is -2.68. The number of rotatable bonds is 5. The molecular formula is C19H26O2Si2. The van der Waals surface area contributed by atoms with Crippen molar-refractivity contribution in [2.45, 2.75) is 39.7 Å². The maximum Gasteiger partial charge on any atom is 0.242 e. The van der Waals surface area contributed by atoms with Gasteiger partial charge in [0, 0.05) is 11.1 Å². The molecule has 4 heteroatoms. The van der Waals surface area contributed by atoms with E-state index in [2.05, 4.69) is 45.7 Å². The Morgan fingerprint density at radius 2 is 1.61 bits per heavy atom. The third kappa shape index (κ3) is 4.42. The fourth-order valence-electron chi connectivity index (χ4n) is 2.83. The summed E-state index contributed by atoms with van der Waals surface area (Å²) < 4.78 is 5.96. The van der Waals surface area contributed by atoms with E-state index in [0.717, 1.165) is 16.9 Å². The fourth-order valence-corrected chi connectivity index (χ4v) is 5.53. The standard InChI is InChI=1S/C19H26O2Si2/c1-14-8-7-9-17(19(14)22(2)3)18(20)15-10-12-16(13-11-15)21-23(4,5)6/h7-13,22H,1-6H3. The number of hydrogen-bond donors (Lipinski definition) is 0. The van der Waals surface area contributed by atoms with Crippen LogP contribution in [0.2, 0.25) is 32.7 Å². The second-order valence-electron chi connectivity index (χ2n) is 7.26. The summed E-state index contributed by atoms with van der Waals surface area (Å²) >= 11 is 0. The van der Waals surface area contributed by atoms with E-state index in [9.17, 15) is 4.79 Å². The Hall–Kier alpha value is -1.66. The van der Waals surface area contributed by atoms with Crippen LogP contribution in [0.25, 0.3) is 0 Å². The molecule has 0 bridgehead atoms. The number of hydrogen-bond acceptors (Lipinski definition) is 2. The molecule has 23 heavy (non-hydrogen) atoms. The molecule has 0 spiro atoms. The summed E-state index contributed by atoms with van der Waals surface area (Å²) in [5.41, 5.74) is 2.83. The van der Waals surface area contributed by atoms with Crippen LogP contribution in [0.1, 0.15) is 21.5 Å². The minimum Gasteiger partial charge on any atom is -0.544 e. The largest absolute Gasteiger partial charge is 0.544 e. The zero-order valence-electron chi connectivity index (χ0n) is 14.9. The van der Waals surface area contributed by atoms with Crippen molar-refractivity contribution in [2.75, 3.05) is 0 Å². The van der Waals surface area contributed by atoms with Gasteiger partial charge < -0.3 is 4.43 Å². The lowest BCUT2D eigenvalue weighted by atomic mass is 10.0. The Kier molecular flexibility index (Phi) is 5.27. The quantitative estimate of drug-likeness (QED) is 0.603. The Balaban J connectivity index is 2.33. The van der Waals surface area contributed by atoms with E-state index in [1.165, 1.54) is 10.8 Å². The van der Waals surface area contributed by atoms with Crippen molar-refractivity contribution < 1.29 is 9.22 Å². The third-order valence-corrected chi connectivity index (χ3v) is 6.46. The van der Waals surface area contributed by atoms with Gasteiger partial charge in [0.15, 0.2) is 5.78 Å². The van der Waals surface area contributed by atoms with Gasteiger partial charge in [-0.25, -0.2) is 0 Å². The van der Waals surface area contributed by atoms with E-state index in [4.69, 9.17) is 4.43 Å². The van der Waals surface area contributed by atoms with Crippen LogP contribution in [-0.4, -0.2) is 22.9 Å². The van der Waals surface area contributed by atoms with E-state index < -0.39 is 17.1 Å². The van der Waals surface area contributed by atoms with Gasteiger partial charge in [0.2, 0.25) is 8.32 Å². The predicted molar refractivity (Wildman–Crippen MR) is 104 cm³/mol. The van der Waals surface area contributed by atoms with Gasteiger partial charge in [0.25, 0.3) is 0 Å². The zero-order valence-corrected chi connectivity index (χ0v) is 17.1. The normalized spacial score (nSPS) is 11.6. The van der Waals surface area contributed by atoms with Crippen molar-refractivity contribution in [2.24, 2.45) is 0 Å². The number of aryl methyl sites for hydroxylation is 1. The van der Waals surface area contributed by atoms with Gasteiger partial charge >= 0.3 is 0 Å². The second-order valence-corrected chi connectivity index (χ2v) is 14.6. The smallest absolute Gasteiger partial charge is 0.242 e. The highest BCUT2D eigenvalue weighted by atomic mass is 28.4. The first kappa shape index (κ1) is 17.7. The molecule has 122 valence electrons. The fraction of sp³-hybridized carbons (Fsp3) is 0.316. The minimum atomic E-state index is -1.62. The van der Waals surface area contributed by atoms with Crippen LogP contribution in [0, 0.1) is 6.92 Å². The number of ketones is 1. The molecule has 2 nitrogen and oxygen atoms in total. The van der Waals surface area contributed by atoms with Crippen LogP contribution in [-0.2, 0) is 0 Å². The Morgan fingerprint density at radius 3 is 2.13 bits per heavy atom. The molecule has 0 heterocycles. The van der Waals surface area contributed by atoms with Gasteiger partial charge in [-0.3, -0.25) is 4.79 Å². The average Bonchev–Trinajstić information content (AvgIpc) is 2.45. The molecule has 0 atom stereocenters. The third-order valence-electron chi connectivity index (χ3n) is 3.69. The first-order valence-corrected chi connectivity index (χ1v) is 14.4. The maximum absolute atomic E-state index is 12.9. The first-order chi connectivity index (χ1) is 10.7. The SMILES string of the molecule is Cc1cccc(C(=O)c2ccc(O[Si](C)(C)C)cc2)c1[SiH](C)C. The van der Waals surface area contributed by atoms with Crippen LogP contribution in [0.5, 0.6) is 5.75 Å². The van der Waals surface area contributed by atoms with Crippen LogP contribution >= 0.6 is 0 Å². The van der Waals surface area contributed by atoms with E-state index in [0.29, 0.717) is 0 Å². The van der Waals surface area contributed by atoms with E-state index >= 15 is 0 Å². The van der Waals surface area contributed by atoms with Gasteiger partial charge in [-0.1, -0.05) is 36.9 Å². The maximum atomic E-state index is 12.9. The monoisotopic (exact) mass is 342 g/mol. The molecule has 0 amide bonds. The molecule has 0 unspecified atom stereocenters. The Bertz CT molecular complexity index is 698. The van der Waals surface area contributed by atoms with Crippen LogP contribution in [0.15, 0.2) is 42.5 Å². The summed E-state index contributed by atoms with van der Waals surface area (Å²) in [6.45, 7) is 13.1. The molecule has 0 saturated heterocycles. The second kappa shape index (κ2) is 6.85. The summed E-state index contributed by atoms with van der Waals surface area (Å²) in [5.74, 6) is 0.966. The molecule has 0 fully saturated rings. The topological polar surface area (TPSA) is 26.3 Å². The molecule has 2 aromatic rings. The molecule has 0 radical (unpaired) electrons. The lowest BCUT2D eigenvalue weighted by Crippen LogP contribution is -2.32. The van der Waals surface area contributed by atoms with Gasteiger partial charge in [0.1, 0.15) is 5.75 Å². The van der Waals surface area contributed by atoms with Crippen molar-refractivity contribution in [1.29, 1.82) is 0 Å². The van der Waals surface area contributed by atoms with Crippen molar-refractivity contribution in [3.05, 3.63) is 59.2 Å². The number of carbonyl (C=O) groups is 1. The average molecular weight is 343 g/mol. The predicted octanol–water partition coefficient (Wildman–Crippen LogP) is 4.13. The molecule has 0 aliphatic carbocycles. The van der Waals surface area contributed by atoms with E-state index in [1.807, 2.05) is 36.4 Å². The van der Waals surface area contributed by atoms with Crippen LogP contribution in [0.4, 0.5) is 0 Å². The molecule has 0 aromatic heterocycles. The first-order valence-electron chi connectivity index (χ1n) is 8.12. The summed E-state index contributed by atoms with van der Waals surface area (Å²) in [6.07, 6.45) is 0. The molecule has 0 N–H and O–H groups in total. The number of benzene rings is 2. The van der Waals surface area contributed by atoms with Gasteiger partial charge in [-0.05, 0) is 56.0 Å². The van der Waals surface area contributed by atoms with Crippen molar-refractivity contribution in [3.8, 4) is 5.75 Å². The van der Waals surface area contributed by atoms with E-state index in [1.54, 1.807) is 0 Å². The molecule has 0 aliphatic rings.